The third-order valence-electron chi connectivity index (χ3n) is 5.46. The summed E-state index contributed by atoms with van der Waals surface area (Å²) in [7, 11) is 0. The maximum atomic E-state index is 13.5. The Morgan fingerprint density at radius 2 is 2.35 bits per heavy atom. The van der Waals surface area contributed by atoms with Gasteiger partial charge in [0.25, 0.3) is 0 Å². The van der Waals surface area contributed by atoms with E-state index < -0.39 is 0 Å². The highest BCUT2D eigenvalue weighted by atomic mass is 19.1. The topological polar surface area (TPSA) is 48.5 Å². The van der Waals surface area contributed by atoms with Crippen LogP contribution in [0.3, 0.4) is 0 Å². The fourth-order valence-electron chi connectivity index (χ4n) is 4.11. The van der Waals surface area contributed by atoms with Crippen molar-refractivity contribution in [2.75, 3.05) is 19.7 Å². The van der Waals surface area contributed by atoms with Crippen molar-refractivity contribution in [2.24, 2.45) is 0 Å². The second-order valence-corrected chi connectivity index (χ2v) is 6.95. The van der Waals surface area contributed by atoms with E-state index in [1.165, 1.54) is 6.07 Å². The van der Waals surface area contributed by atoms with Crippen LogP contribution in [-0.4, -0.2) is 46.4 Å². The minimum atomic E-state index is -0.385. The molecule has 23 heavy (non-hydrogen) atoms. The van der Waals surface area contributed by atoms with Gasteiger partial charge in [0, 0.05) is 42.8 Å². The molecule has 2 aromatic rings. The first-order chi connectivity index (χ1) is 11.1. The molecule has 2 atom stereocenters. The Labute approximate surface area is 135 Å². The van der Waals surface area contributed by atoms with Gasteiger partial charge in [-0.05, 0) is 49.9 Å². The number of fused-ring (bicyclic) bond motifs is 1. The summed E-state index contributed by atoms with van der Waals surface area (Å²) in [6.07, 6.45) is 2.34. The number of nitrogens with one attached hydrogen (secondary N) is 1. The lowest BCUT2D eigenvalue weighted by Gasteiger charge is -2.43. The van der Waals surface area contributed by atoms with E-state index >= 15 is 0 Å². The molecule has 0 saturated carbocycles. The zero-order chi connectivity index (χ0) is 16.0. The number of H-pyrrole nitrogens is 1. The second-order valence-electron chi connectivity index (χ2n) is 6.95. The molecule has 1 aromatic heterocycles. The molecule has 1 spiro atoms. The standard InChI is InChI=1S/C18H23FN2O2/c1-12-14-9-13(19)3-4-15(14)20-16(12)10-21-7-5-17(22)18(11-21)6-2-8-23-18/h3-4,9,17,20,22H,2,5-8,10-11H2,1H3/t17-,18-/m0/s1. The number of aliphatic hydroxyl groups is 1. The van der Waals surface area contributed by atoms with E-state index in [0.717, 1.165) is 67.7 Å². The number of hydrogen-bond acceptors (Lipinski definition) is 3. The molecule has 2 fully saturated rings. The van der Waals surface area contributed by atoms with Crippen LogP contribution in [0.25, 0.3) is 10.9 Å². The quantitative estimate of drug-likeness (QED) is 0.895. The summed E-state index contributed by atoms with van der Waals surface area (Å²) >= 11 is 0. The molecule has 2 saturated heterocycles. The first kappa shape index (κ1) is 15.1. The molecule has 2 aliphatic heterocycles. The number of aromatic amines is 1. The zero-order valence-electron chi connectivity index (χ0n) is 13.4. The second kappa shape index (κ2) is 5.58. The molecular weight excluding hydrogens is 295 g/mol. The molecule has 0 amide bonds. The summed E-state index contributed by atoms with van der Waals surface area (Å²) in [6, 6.07) is 4.87. The lowest BCUT2D eigenvalue weighted by molar-refractivity contribution is -0.132. The number of piperidine rings is 1. The van der Waals surface area contributed by atoms with Crippen LogP contribution in [0.2, 0.25) is 0 Å². The Balaban J connectivity index is 1.57. The number of halogens is 1. The van der Waals surface area contributed by atoms with Gasteiger partial charge in [-0.15, -0.1) is 0 Å². The summed E-state index contributed by atoms with van der Waals surface area (Å²) in [6.45, 7) is 5.18. The van der Waals surface area contributed by atoms with Crippen LogP contribution in [0.15, 0.2) is 18.2 Å². The van der Waals surface area contributed by atoms with Crippen molar-refractivity contribution < 1.29 is 14.2 Å². The predicted molar refractivity (Wildman–Crippen MR) is 86.8 cm³/mol. The largest absolute Gasteiger partial charge is 0.390 e. The van der Waals surface area contributed by atoms with Crippen molar-refractivity contribution >= 4 is 10.9 Å². The van der Waals surface area contributed by atoms with E-state index in [0.29, 0.717) is 0 Å². The molecule has 124 valence electrons. The van der Waals surface area contributed by atoms with Gasteiger partial charge in [0.1, 0.15) is 11.4 Å². The Morgan fingerprint density at radius 1 is 1.48 bits per heavy atom. The lowest BCUT2D eigenvalue weighted by Crippen LogP contribution is -2.56. The van der Waals surface area contributed by atoms with Crippen LogP contribution < -0.4 is 0 Å². The number of ether oxygens (including phenoxy) is 1. The molecule has 0 unspecified atom stereocenters. The molecule has 5 heteroatoms. The van der Waals surface area contributed by atoms with Gasteiger partial charge in [0.15, 0.2) is 0 Å². The molecule has 0 radical (unpaired) electrons. The normalized spacial score (nSPS) is 28.9. The van der Waals surface area contributed by atoms with Gasteiger partial charge in [-0.1, -0.05) is 0 Å². The Hall–Kier alpha value is -1.43. The summed E-state index contributed by atoms with van der Waals surface area (Å²) < 4.78 is 19.4. The number of aromatic nitrogens is 1. The van der Waals surface area contributed by atoms with Crippen LogP contribution in [-0.2, 0) is 11.3 Å². The zero-order valence-corrected chi connectivity index (χ0v) is 13.4. The van der Waals surface area contributed by atoms with Crippen LogP contribution in [0.1, 0.15) is 30.5 Å². The minimum absolute atomic E-state index is 0.203. The highest BCUT2D eigenvalue weighted by Gasteiger charge is 2.46. The molecule has 4 nitrogen and oxygen atoms in total. The number of aryl methyl sites for hydroxylation is 1. The van der Waals surface area contributed by atoms with Gasteiger partial charge in [-0.25, -0.2) is 4.39 Å². The summed E-state index contributed by atoms with van der Waals surface area (Å²) in [5.74, 6) is -0.203. The van der Waals surface area contributed by atoms with E-state index in [9.17, 15) is 9.50 Å². The molecule has 4 rings (SSSR count). The van der Waals surface area contributed by atoms with E-state index in [4.69, 9.17) is 4.74 Å². The van der Waals surface area contributed by atoms with Crippen molar-refractivity contribution in [3.8, 4) is 0 Å². The molecule has 0 bridgehead atoms. The van der Waals surface area contributed by atoms with E-state index in [1.807, 2.05) is 6.92 Å². The third kappa shape index (κ3) is 2.57. The summed E-state index contributed by atoms with van der Waals surface area (Å²) in [5.41, 5.74) is 2.81. The maximum absolute atomic E-state index is 13.5. The minimum Gasteiger partial charge on any atom is -0.390 e. The number of hydrogen-bond donors (Lipinski definition) is 2. The predicted octanol–water partition coefficient (Wildman–Crippen LogP) is 2.73. The van der Waals surface area contributed by atoms with Crippen molar-refractivity contribution in [1.29, 1.82) is 0 Å². The Kier molecular flexibility index (Phi) is 3.67. The average Bonchev–Trinajstić information content (AvgIpc) is 3.11. The van der Waals surface area contributed by atoms with Crippen molar-refractivity contribution in [2.45, 2.75) is 44.4 Å². The monoisotopic (exact) mass is 318 g/mol. The van der Waals surface area contributed by atoms with Crippen molar-refractivity contribution in [3.05, 3.63) is 35.3 Å². The van der Waals surface area contributed by atoms with Gasteiger partial charge >= 0.3 is 0 Å². The number of likely N-dealkylation sites (tertiary alicyclic amines) is 1. The number of rotatable bonds is 2. The molecule has 2 aliphatic rings. The maximum Gasteiger partial charge on any atom is 0.123 e. The van der Waals surface area contributed by atoms with Gasteiger partial charge < -0.3 is 14.8 Å². The molecule has 0 aliphatic carbocycles. The number of aliphatic hydroxyl groups excluding tert-OH is 1. The SMILES string of the molecule is Cc1c(CN2CC[C@H](O)[C@]3(CCCO3)C2)[nH]c2ccc(F)cc12. The molecule has 1 aromatic carbocycles. The first-order valence-corrected chi connectivity index (χ1v) is 8.38. The van der Waals surface area contributed by atoms with Gasteiger partial charge in [0.05, 0.1) is 6.10 Å². The third-order valence-corrected chi connectivity index (χ3v) is 5.46. The highest BCUT2D eigenvalue weighted by molar-refractivity contribution is 5.84. The molecule has 2 N–H and O–H groups in total. The van der Waals surface area contributed by atoms with E-state index in [2.05, 4.69) is 9.88 Å². The fraction of sp³-hybridized carbons (Fsp3) is 0.556. The average molecular weight is 318 g/mol. The molecule has 3 heterocycles. The number of benzene rings is 1. The van der Waals surface area contributed by atoms with Crippen molar-refractivity contribution in [3.63, 3.8) is 0 Å². The smallest absolute Gasteiger partial charge is 0.123 e. The van der Waals surface area contributed by atoms with E-state index in [-0.39, 0.29) is 17.5 Å². The summed E-state index contributed by atoms with van der Waals surface area (Å²) in [4.78, 5) is 5.76. The first-order valence-electron chi connectivity index (χ1n) is 8.38. The summed E-state index contributed by atoms with van der Waals surface area (Å²) in [5, 5.41) is 11.3. The molecular formula is C18H23FN2O2. The van der Waals surface area contributed by atoms with Crippen LogP contribution >= 0.6 is 0 Å². The van der Waals surface area contributed by atoms with Gasteiger partial charge in [-0.2, -0.15) is 0 Å². The lowest BCUT2D eigenvalue weighted by atomic mass is 9.87. The number of nitrogens with zero attached hydrogens (tertiary/aromatic N) is 1. The Bertz CT molecular complexity index is 721. The van der Waals surface area contributed by atoms with Crippen LogP contribution in [0.5, 0.6) is 0 Å². The van der Waals surface area contributed by atoms with Gasteiger partial charge in [-0.3, -0.25) is 4.90 Å². The fourth-order valence-corrected chi connectivity index (χ4v) is 4.11. The van der Waals surface area contributed by atoms with Crippen molar-refractivity contribution in [1.82, 2.24) is 9.88 Å². The Morgan fingerprint density at radius 3 is 3.13 bits per heavy atom. The van der Waals surface area contributed by atoms with Crippen LogP contribution in [0.4, 0.5) is 4.39 Å². The van der Waals surface area contributed by atoms with Crippen LogP contribution in [0, 0.1) is 12.7 Å². The van der Waals surface area contributed by atoms with E-state index in [1.54, 1.807) is 12.1 Å². The van der Waals surface area contributed by atoms with Gasteiger partial charge in [0.2, 0.25) is 0 Å². The highest BCUT2D eigenvalue weighted by Crippen LogP contribution is 2.35.